The van der Waals surface area contributed by atoms with Crippen molar-refractivity contribution in [2.24, 2.45) is 4.99 Å². The Morgan fingerprint density at radius 2 is 1.82 bits per heavy atom. The highest BCUT2D eigenvalue weighted by atomic mass is 35.5. The van der Waals surface area contributed by atoms with Gasteiger partial charge in [0.15, 0.2) is 0 Å². The van der Waals surface area contributed by atoms with Gasteiger partial charge in [0.25, 0.3) is 11.8 Å². The number of hydrogen-bond donors (Lipinski definition) is 1. The number of benzene rings is 2. The number of nitrogens with zero attached hydrogens (tertiary/aromatic N) is 3. The van der Waals surface area contributed by atoms with Gasteiger partial charge in [0, 0.05) is 38.3 Å². The summed E-state index contributed by atoms with van der Waals surface area (Å²) in [5, 5.41) is 2.10. The van der Waals surface area contributed by atoms with Crippen LogP contribution in [0, 0.1) is 6.92 Å². The lowest BCUT2D eigenvalue weighted by Crippen LogP contribution is -2.50. The second kappa shape index (κ2) is 10.5. The van der Waals surface area contributed by atoms with Crippen molar-refractivity contribution in [3.8, 4) is 0 Å². The molecule has 0 unspecified atom stereocenters. The minimum atomic E-state index is -4.67. The number of nitrogens with one attached hydrogen (secondary N) is 1. The molecule has 0 aromatic heterocycles. The lowest BCUT2D eigenvalue weighted by Gasteiger charge is -2.34. The number of amides is 2. The average molecular weight is 585 g/mol. The van der Waals surface area contributed by atoms with E-state index in [-0.39, 0.29) is 55.4 Å². The first-order chi connectivity index (χ1) is 18.1. The van der Waals surface area contributed by atoms with Crippen LogP contribution >= 0.6 is 11.6 Å². The Kier molecular flexibility index (Phi) is 7.85. The quantitative estimate of drug-likeness (QED) is 0.560. The minimum absolute atomic E-state index is 0.00476. The Morgan fingerprint density at radius 1 is 1.15 bits per heavy atom. The number of halogens is 4. The van der Waals surface area contributed by atoms with E-state index in [2.05, 4.69) is 10.3 Å². The minimum Gasteiger partial charge on any atom is -0.345 e. The first-order valence-electron chi connectivity index (χ1n) is 12.2. The van der Waals surface area contributed by atoms with Crippen LogP contribution in [0.1, 0.15) is 45.5 Å². The van der Waals surface area contributed by atoms with E-state index in [0.717, 1.165) is 23.3 Å². The predicted octanol–water partition coefficient (Wildman–Crippen LogP) is 3.65. The van der Waals surface area contributed by atoms with E-state index in [9.17, 15) is 31.2 Å². The van der Waals surface area contributed by atoms with Crippen molar-refractivity contribution in [2.75, 3.05) is 32.9 Å². The molecule has 2 aliphatic rings. The lowest BCUT2D eigenvalue weighted by molar-refractivity contribution is -0.137. The zero-order valence-corrected chi connectivity index (χ0v) is 23.2. The summed E-state index contributed by atoms with van der Waals surface area (Å²) in [6.45, 7) is 1.93. The third kappa shape index (κ3) is 5.97. The summed E-state index contributed by atoms with van der Waals surface area (Å²) >= 11 is 5.70. The summed E-state index contributed by atoms with van der Waals surface area (Å²) in [6.07, 6.45) is -4.21. The summed E-state index contributed by atoms with van der Waals surface area (Å²) in [6, 6.07) is 8.46. The molecule has 4 rings (SSSR count). The van der Waals surface area contributed by atoms with E-state index >= 15 is 0 Å². The fourth-order valence-corrected chi connectivity index (χ4v) is 6.45. The predicted molar refractivity (Wildman–Crippen MR) is 141 cm³/mol. The third-order valence-corrected chi connectivity index (χ3v) is 9.30. The molecule has 0 aliphatic carbocycles. The Morgan fingerprint density at radius 3 is 2.41 bits per heavy atom. The molecule has 39 heavy (non-hydrogen) atoms. The van der Waals surface area contributed by atoms with Crippen LogP contribution in [0.2, 0.25) is 5.02 Å². The number of sulfonamides is 1. The second-order valence-corrected chi connectivity index (χ2v) is 12.4. The molecule has 13 heteroatoms. The maximum atomic E-state index is 13.3. The summed E-state index contributed by atoms with van der Waals surface area (Å²) in [5.41, 5.74) is -0.0577. The van der Waals surface area contributed by atoms with Crippen molar-refractivity contribution < 1.29 is 31.2 Å². The number of aliphatic imine (C=N–C) groups is 1. The smallest absolute Gasteiger partial charge is 0.345 e. The van der Waals surface area contributed by atoms with Crippen molar-refractivity contribution in [1.29, 1.82) is 0 Å². The van der Waals surface area contributed by atoms with Crippen molar-refractivity contribution in [3.05, 3.63) is 69.2 Å². The largest absolute Gasteiger partial charge is 0.417 e. The van der Waals surface area contributed by atoms with Gasteiger partial charge in [0.05, 0.1) is 16.3 Å². The van der Waals surface area contributed by atoms with E-state index < -0.39 is 38.2 Å². The summed E-state index contributed by atoms with van der Waals surface area (Å²) in [4.78, 5) is 30.9. The number of rotatable bonds is 6. The number of carbonyl (C=O) groups excluding carboxylic acids is 2. The molecule has 1 N–H and O–H groups in total. The Bertz CT molecular complexity index is 1450. The van der Waals surface area contributed by atoms with Crippen LogP contribution in [-0.4, -0.2) is 73.7 Å². The molecule has 2 aromatic rings. The van der Waals surface area contributed by atoms with E-state index in [1.165, 1.54) is 15.3 Å². The van der Waals surface area contributed by atoms with Gasteiger partial charge in [0.2, 0.25) is 10.0 Å². The van der Waals surface area contributed by atoms with Crippen LogP contribution in [0.5, 0.6) is 0 Å². The van der Waals surface area contributed by atoms with Crippen molar-refractivity contribution in [2.45, 2.75) is 37.9 Å². The molecule has 1 spiro atoms. The summed E-state index contributed by atoms with van der Waals surface area (Å²) in [5.74, 6) is -0.752. The highest BCUT2D eigenvalue weighted by Crippen LogP contribution is 2.37. The molecule has 210 valence electrons. The van der Waals surface area contributed by atoms with Gasteiger partial charge in [-0.25, -0.2) is 12.7 Å². The fourth-order valence-electron chi connectivity index (χ4n) is 4.75. The van der Waals surface area contributed by atoms with Crippen LogP contribution in [0.25, 0.3) is 0 Å². The third-order valence-electron chi connectivity index (χ3n) is 7.09. The molecular weight excluding hydrogens is 557 g/mol. The summed E-state index contributed by atoms with van der Waals surface area (Å²) in [7, 11) is -0.343. The maximum Gasteiger partial charge on any atom is 0.417 e. The number of aryl methyl sites for hydroxylation is 2. The second-order valence-electron chi connectivity index (χ2n) is 9.94. The number of amidine groups is 1. The number of piperidine rings is 1. The zero-order chi connectivity index (χ0) is 28.8. The molecule has 1 fully saturated rings. The zero-order valence-electron chi connectivity index (χ0n) is 21.6. The van der Waals surface area contributed by atoms with Crippen molar-refractivity contribution in [1.82, 2.24) is 14.5 Å². The molecule has 0 saturated carbocycles. The normalized spacial score (nSPS) is 17.7. The molecule has 0 atom stereocenters. The molecule has 2 aromatic carbocycles. The van der Waals surface area contributed by atoms with Gasteiger partial charge in [0.1, 0.15) is 11.4 Å². The van der Waals surface area contributed by atoms with Gasteiger partial charge in [-0.15, -0.1) is 0 Å². The Balaban J connectivity index is 1.43. The molecule has 2 heterocycles. The number of carbonyl (C=O) groups is 2. The Labute approximate surface area is 229 Å². The van der Waals surface area contributed by atoms with E-state index in [1.54, 1.807) is 32.3 Å². The Hall–Kier alpha value is -2.96. The summed E-state index contributed by atoms with van der Waals surface area (Å²) < 4.78 is 67.3. The van der Waals surface area contributed by atoms with Crippen LogP contribution in [0.15, 0.2) is 41.4 Å². The van der Waals surface area contributed by atoms with E-state index in [1.807, 2.05) is 6.92 Å². The molecular formula is C26H28ClF3N4O4S. The van der Waals surface area contributed by atoms with Gasteiger partial charge >= 0.3 is 6.18 Å². The lowest BCUT2D eigenvalue weighted by atomic mass is 9.89. The fraction of sp³-hybridized carbons (Fsp3) is 0.423. The van der Waals surface area contributed by atoms with Crippen LogP contribution < -0.4 is 5.32 Å². The first-order valence-corrected chi connectivity index (χ1v) is 14.2. The molecule has 8 nitrogen and oxygen atoms in total. The maximum absolute atomic E-state index is 13.3. The van der Waals surface area contributed by atoms with Crippen molar-refractivity contribution >= 4 is 39.3 Å². The number of alkyl halides is 3. The van der Waals surface area contributed by atoms with Crippen LogP contribution in [-0.2, 0) is 27.4 Å². The molecule has 0 radical (unpaired) electrons. The van der Waals surface area contributed by atoms with E-state index in [0.29, 0.717) is 5.56 Å². The standard InChI is InChI=1S/C26H28ClF3N4O4S/c1-16-14-19(23(35)33(2)3)5-4-17(16)8-13-39(37,38)34-11-9-25(10-12-34)24(36)31-22(32-25)18-6-7-21(27)20(15-18)26(28,29)30/h4-7,14-15H,8-13H2,1-3H3,(H,31,32,36). The van der Waals surface area contributed by atoms with Crippen LogP contribution in [0.4, 0.5) is 13.2 Å². The SMILES string of the molecule is Cc1cc(C(=O)N(C)C)ccc1CCS(=O)(=O)N1CCC2(CC1)N=C(c1ccc(Cl)c(C(F)(F)F)c1)NC2=O. The van der Waals surface area contributed by atoms with Gasteiger partial charge in [-0.05, 0) is 67.6 Å². The average Bonchev–Trinajstić information content (AvgIpc) is 3.17. The van der Waals surface area contributed by atoms with Gasteiger partial charge in [-0.1, -0.05) is 17.7 Å². The molecule has 0 bridgehead atoms. The van der Waals surface area contributed by atoms with Gasteiger partial charge in [-0.3, -0.25) is 14.6 Å². The molecule has 2 aliphatic heterocycles. The number of hydrogen-bond acceptors (Lipinski definition) is 5. The monoisotopic (exact) mass is 584 g/mol. The topological polar surface area (TPSA) is 99.2 Å². The van der Waals surface area contributed by atoms with Gasteiger partial charge in [-0.2, -0.15) is 13.2 Å². The highest BCUT2D eigenvalue weighted by molar-refractivity contribution is 7.89. The van der Waals surface area contributed by atoms with E-state index in [4.69, 9.17) is 11.6 Å². The van der Waals surface area contributed by atoms with Crippen LogP contribution in [0.3, 0.4) is 0 Å². The first kappa shape index (κ1) is 29.0. The molecule has 2 amide bonds. The van der Waals surface area contributed by atoms with Crippen molar-refractivity contribution in [3.63, 3.8) is 0 Å². The van der Waals surface area contributed by atoms with Gasteiger partial charge < -0.3 is 10.2 Å². The molecule has 1 saturated heterocycles. The highest BCUT2D eigenvalue weighted by Gasteiger charge is 2.47.